The molecule has 0 saturated carbocycles. The predicted molar refractivity (Wildman–Crippen MR) is 104 cm³/mol. The molecule has 0 unspecified atom stereocenters. The summed E-state index contributed by atoms with van der Waals surface area (Å²) in [5, 5.41) is 1.85. The zero-order valence-corrected chi connectivity index (χ0v) is 14.5. The van der Waals surface area contributed by atoms with Crippen molar-refractivity contribution in [2.75, 3.05) is 13.1 Å². The fourth-order valence-corrected chi connectivity index (χ4v) is 3.66. The maximum atomic E-state index is 12.2. The van der Waals surface area contributed by atoms with Crippen molar-refractivity contribution in [3.63, 3.8) is 0 Å². The van der Waals surface area contributed by atoms with Gasteiger partial charge in [0, 0.05) is 30.7 Å². The summed E-state index contributed by atoms with van der Waals surface area (Å²) in [5.74, 6) is 0. The van der Waals surface area contributed by atoms with Crippen molar-refractivity contribution in [3.8, 4) is 0 Å². The number of aromatic nitrogens is 1. The van der Waals surface area contributed by atoms with Crippen molar-refractivity contribution in [1.82, 2.24) is 9.88 Å². The highest BCUT2D eigenvalue weighted by atomic mass is 16.1. The second-order valence-electron chi connectivity index (χ2n) is 6.68. The Morgan fingerprint density at radius 3 is 2.44 bits per heavy atom. The molecule has 3 aromatic rings. The van der Waals surface area contributed by atoms with Crippen molar-refractivity contribution in [2.45, 2.75) is 19.9 Å². The molecule has 1 aromatic heterocycles. The Morgan fingerprint density at radius 1 is 1.00 bits per heavy atom. The number of pyridine rings is 1. The predicted octanol–water partition coefficient (Wildman–Crippen LogP) is 4.13. The number of fused-ring (bicyclic) bond motifs is 1. The molecule has 0 fully saturated rings. The van der Waals surface area contributed by atoms with Crippen LogP contribution in [-0.4, -0.2) is 23.0 Å². The molecule has 1 N–H and O–H groups in total. The van der Waals surface area contributed by atoms with Crippen molar-refractivity contribution >= 4 is 16.3 Å². The van der Waals surface area contributed by atoms with Gasteiger partial charge in [0.2, 0.25) is 0 Å². The maximum absolute atomic E-state index is 12.2. The minimum absolute atomic E-state index is 0.00162. The molecule has 1 aliphatic rings. The van der Waals surface area contributed by atoms with Crippen LogP contribution in [0.1, 0.15) is 23.2 Å². The van der Waals surface area contributed by atoms with Crippen molar-refractivity contribution in [3.05, 3.63) is 87.8 Å². The number of hydrogen-bond acceptors (Lipinski definition) is 2. The van der Waals surface area contributed by atoms with Gasteiger partial charge in [-0.1, -0.05) is 54.6 Å². The fraction of sp³-hybridized carbons (Fsp3) is 0.227. The molecule has 0 amide bonds. The topological polar surface area (TPSA) is 36.1 Å². The Balaban J connectivity index is 1.59. The third kappa shape index (κ3) is 3.15. The van der Waals surface area contributed by atoms with E-state index in [0.717, 1.165) is 42.5 Å². The van der Waals surface area contributed by atoms with Gasteiger partial charge in [-0.3, -0.25) is 9.69 Å². The SMILES string of the molecule is Cc1[nH]c(=O)c2ccccc2c1CN1CC=C(c2ccccc2)CC1. The van der Waals surface area contributed by atoms with E-state index in [4.69, 9.17) is 0 Å². The van der Waals surface area contributed by atoms with E-state index in [1.54, 1.807) is 0 Å². The Bertz CT molecular complexity index is 986. The van der Waals surface area contributed by atoms with Gasteiger partial charge in [-0.2, -0.15) is 0 Å². The van der Waals surface area contributed by atoms with E-state index in [2.05, 4.69) is 52.4 Å². The highest BCUT2D eigenvalue weighted by molar-refractivity contribution is 5.85. The van der Waals surface area contributed by atoms with Crippen LogP contribution < -0.4 is 5.56 Å². The molecule has 0 bridgehead atoms. The number of nitrogens with one attached hydrogen (secondary N) is 1. The lowest BCUT2D eigenvalue weighted by atomic mass is 9.98. The minimum Gasteiger partial charge on any atom is -0.326 e. The second kappa shape index (κ2) is 6.69. The summed E-state index contributed by atoms with van der Waals surface area (Å²) in [4.78, 5) is 17.6. The van der Waals surface area contributed by atoms with Crippen LogP contribution in [0.2, 0.25) is 0 Å². The number of aromatic amines is 1. The minimum atomic E-state index is 0.00162. The van der Waals surface area contributed by atoms with E-state index in [1.807, 2.05) is 25.1 Å². The summed E-state index contributed by atoms with van der Waals surface area (Å²) in [6.45, 7) is 4.84. The van der Waals surface area contributed by atoms with Gasteiger partial charge in [0.25, 0.3) is 5.56 Å². The van der Waals surface area contributed by atoms with Gasteiger partial charge in [0.1, 0.15) is 0 Å². The van der Waals surface area contributed by atoms with Crippen molar-refractivity contribution in [2.24, 2.45) is 0 Å². The summed E-state index contributed by atoms with van der Waals surface area (Å²) in [5.41, 5.74) is 4.96. The van der Waals surface area contributed by atoms with Crippen LogP contribution in [0.4, 0.5) is 0 Å². The summed E-state index contributed by atoms with van der Waals surface area (Å²) in [6.07, 6.45) is 3.40. The van der Waals surface area contributed by atoms with Crippen molar-refractivity contribution < 1.29 is 0 Å². The summed E-state index contributed by atoms with van der Waals surface area (Å²) in [7, 11) is 0. The summed E-state index contributed by atoms with van der Waals surface area (Å²) in [6, 6.07) is 18.5. The van der Waals surface area contributed by atoms with Gasteiger partial charge in [-0.05, 0) is 41.5 Å². The third-order valence-electron chi connectivity index (χ3n) is 5.07. The van der Waals surface area contributed by atoms with Gasteiger partial charge >= 0.3 is 0 Å². The van der Waals surface area contributed by atoms with Gasteiger partial charge in [0.15, 0.2) is 0 Å². The molecule has 3 nitrogen and oxygen atoms in total. The van der Waals surface area contributed by atoms with Crippen LogP contribution in [-0.2, 0) is 6.54 Å². The third-order valence-corrected chi connectivity index (χ3v) is 5.07. The summed E-state index contributed by atoms with van der Waals surface area (Å²) < 4.78 is 0. The number of rotatable bonds is 3. The molecule has 1 aliphatic heterocycles. The Labute approximate surface area is 147 Å². The average molecular weight is 330 g/mol. The Morgan fingerprint density at radius 2 is 1.72 bits per heavy atom. The lowest BCUT2D eigenvalue weighted by molar-refractivity contribution is 0.294. The van der Waals surface area contributed by atoms with Crippen LogP contribution in [0.5, 0.6) is 0 Å². The molecule has 3 heteroatoms. The highest BCUT2D eigenvalue weighted by Crippen LogP contribution is 2.25. The molecule has 126 valence electrons. The molecular formula is C22H22N2O. The zero-order valence-electron chi connectivity index (χ0n) is 14.5. The van der Waals surface area contributed by atoms with Gasteiger partial charge in [-0.25, -0.2) is 0 Å². The van der Waals surface area contributed by atoms with E-state index >= 15 is 0 Å². The van der Waals surface area contributed by atoms with Crippen LogP contribution >= 0.6 is 0 Å². The molecule has 2 heterocycles. The first-order chi connectivity index (χ1) is 12.2. The molecule has 0 radical (unpaired) electrons. The fourth-order valence-electron chi connectivity index (χ4n) is 3.66. The van der Waals surface area contributed by atoms with Crippen LogP contribution in [0, 0.1) is 6.92 Å². The molecule has 0 atom stereocenters. The molecule has 0 aliphatic carbocycles. The monoisotopic (exact) mass is 330 g/mol. The first kappa shape index (κ1) is 15.9. The van der Waals surface area contributed by atoms with Gasteiger partial charge in [0.05, 0.1) is 0 Å². The van der Waals surface area contributed by atoms with E-state index in [0.29, 0.717) is 0 Å². The van der Waals surface area contributed by atoms with Gasteiger partial charge < -0.3 is 4.98 Å². The van der Waals surface area contributed by atoms with E-state index in [9.17, 15) is 4.79 Å². The number of H-pyrrole nitrogens is 1. The zero-order chi connectivity index (χ0) is 17.2. The number of hydrogen-bond donors (Lipinski definition) is 1. The van der Waals surface area contributed by atoms with E-state index in [-0.39, 0.29) is 5.56 Å². The van der Waals surface area contributed by atoms with Crippen LogP contribution in [0.15, 0.2) is 65.5 Å². The second-order valence-corrected chi connectivity index (χ2v) is 6.68. The first-order valence-corrected chi connectivity index (χ1v) is 8.79. The number of benzene rings is 2. The molecular weight excluding hydrogens is 308 g/mol. The Hall–Kier alpha value is -2.65. The number of nitrogens with zero attached hydrogens (tertiary/aromatic N) is 1. The maximum Gasteiger partial charge on any atom is 0.256 e. The molecule has 4 rings (SSSR count). The molecule has 0 spiro atoms. The smallest absolute Gasteiger partial charge is 0.256 e. The van der Waals surface area contributed by atoms with Crippen molar-refractivity contribution in [1.29, 1.82) is 0 Å². The molecule has 0 saturated heterocycles. The van der Waals surface area contributed by atoms with E-state index in [1.165, 1.54) is 16.7 Å². The normalized spacial score (nSPS) is 15.3. The van der Waals surface area contributed by atoms with Crippen LogP contribution in [0.25, 0.3) is 16.3 Å². The lowest BCUT2D eigenvalue weighted by Crippen LogP contribution is -2.29. The van der Waals surface area contributed by atoms with Gasteiger partial charge in [-0.15, -0.1) is 0 Å². The standard InChI is InChI=1S/C22H22N2O/c1-16-21(19-9-5-6-10-20(19)22(25)23-16)15-24-13-11-18(12-14-24)17-7-3-2-4-8-17/h2-11H,12-15H2,1H3,(H,23,25). The molecule has 2 aromatic carbocycles. The largest absolute Gasteiger partial charge is 0.326 e. The quantitative estimate of drug-likeness (QED) is 0.784. The summed E-state index contributed by atoms with van der Waals surface area (Å²) >= 11 is 0. The lowest BCUT2D eigenvalue weighted by Gasteiger charge is -2.27. The highest BCUT2D eigenvalue weighted by Gasteiger charge is 2.16. The number of aryl methyl sites for hydroxylation is 1. The van der Waals surface area contributed by atoms with E-state index < -0.39 is 0 Å². The molecule has 25 heavy (non-hydrogen) atoms. The Kier molecular flexibility index (Phi) is 4.24. The average Bonchev–Trinajstić information content (AvgIpc) is 2.66. The van der Waals surface area contributed by atoms with Crippen LogP contribution in [0.3, 0.4) is 0 Å². The first-order valence-electron chi connectivity index (χ1n) is 8.79.